The van der Waals surface area contributed by atoms with Crippen LogP contribution in [0.3, 0.4) is 0 Å². The smallest absolute Gasteiger partial charge is 0.0900 e. The molecule has 0 radical (unpaired) electrons. The molecule has 0 saturated carbocycles. The van der Waals surface area contributed by atoms with Gasteiger partial charge in [-0.15, -0.1) is 11.3 Å². The maximum absolute atomic E-state index is 10.1. The normalized spacial score (nSPS) is 21.8. The minimum atomic E-state index is -0.442. The van der Waals surface area contributed by atoms with Gasteiger partial charge >= 0.3 is 0 Å². The van der Waals surface area contributed by atoms with Crippen LogP contribution in [0.5, 0.6) is 0 Å². The van der Waals surface area contributed by atoms with Crippen LogP contribution in [0.25, 0.3) is 0 Å². The standard InChI is InChI=1S/C15H26N2O3S/c1-16(2)9-14-10-17(5-6-20-14)8-13(18)11-19-12-15-4-3-7-21-15/h3-4,7,13-14,18H,5-6,8-12H2,1-2H3/t13-,14+/m1/s1. The molecular weight excluding hydrogens is 288 g/mol. The molecule has 1 aliphatic heterocycles. The molecule has 21 heavy (non-hydrogen) atoms. The van der Waals surface area contributed by atoms with Crippen molar-refractivity contribution in [2.75, 3.05) is 53.5 Å². The first kappa shape index (κ1) is 16.9. The molecule has 120 valence electrons. The SMILES string of the molecule is CN(C)C[C@H]1CN(C[C@@H](O)COCc2cccs2)CCO1. The zero-order valence-corrected chi connectivity index (χ0v) is 13.7. The number of thiophene rings is 1. The Morgan fingerprint density at radius 1 is 1.57 bits per heavy atom. The van der Waals surface area contributed by atoms with Gasteiger partial charge in [0.15, 0.2) is 0 Å². The van der Waals surface area contributed by atoms with Crippen LogP contribution < -0.4 is 0 Å². The van der Waals surface area contributed by atoms with Crippen molar-refractivity contribution in [1.29, 1.82) is 0 Å². The number of ether oxygens (including phenoxy) is 2. The summed E-state index contributed by atoms with van der Waals surface area (Å²) in [7, 11) is 4.10. The summed E-state index contributed by atoms with van der Waals surface area (Å²) in [5.74, 6) is 0. The minimum absolute atomic E-state index is 0.230. The summed E-state index contributed by atoms with van der Waals surface area (Å²) in [4.78, 5) is 5.59. The fourth-order valence-corrected chi connectivity index (χ4v) is 3.15. The number of aliphatic hydroxyl groups excluding tert-OH is 1. The molecule has 1 saturated heterocycles. The summed E-state index contributed by atoms with van der Waals surface area (Å²) in [6, 6.07) is 4.06. The molecule has 0 aromatic carbocycles. The van der Waals surface area contributed by atoms with Crippen molar-refractivity contribution in [1.82, 2.24) is 9.80 Å². The monoisotopic (exact) mass is 314 g/mol. The Morgan fingerprint density at radius 3 is 3.14 bits per heavy atom. The number of nitrogens with zero attached hydrogens (tertiary/aromatic N) is 2. The molecule has 1 aromatic rings. The zero-order valence-electron chi connectivity index (χ0n) is 12.9. The van der Waals surface area contributed by atoms with Crippen LogP contribution in [0.15, 0.2) is 17.5 Å². The Morgan fingerprint density at radius 2 is 2.43 bits per heavy atom. The first-order valence-corrected chi connectivity index (χ1v) is 8.28. The van der Waals surface area contributed by atoms with E-state index in [0.717, 1.165) is 26.2 Å². The maximum Gasteiger partial charge on any atom is 0.0900 e. The zero-order chi connectivity index (χ0) is 15.1. The summed E-state index contributed by atoms with van der Waals surface area (Å²) in [6.45, 7) is 5.03. The van der Waals surface area contributed by atoms with E-state index in [1.165, 1.54) is 4.88 Å². The van der Waals surface area contributed by atoms with Gasteiger partial charge in [-0.05, 0) is 25.5 Å². The average molecular weight is 314 g/mol. The Hall–Kier alpha value is -0.500. The molecule has 0 aliphatic carbocycles. The van der Waals surface area contributed by atoms with Crippen molar-refractivity contribution in [3.8, 4) is 0 Å². The summed E-state index contributed by atoms with van der Waals surface area (Å²) in [6.07, 6.45) is -0.212. The third-order valence-electron chi connectivity index (χ3n) is 3.40. The lowest BCUT2D eigenvalue weighted by molar-refractivity contribution is -0.0583. The highest BCUT2D eigenvalue weighted by atomic mass is 32.1. The Kier molecular flexibility index (Phi) is 7.09. The third kappa shape index (κ3) is 6.42. The Balaban J connectivity index is 1.63. The van der Waals surface area contributed by atoms with E-state index in [1.807, 2.05) is 17.5 Å². The van der Waals surface area contributed by atoms with Crippen molar-refractivity contribution in [3.63, 3.8) is 0 Å². The molecule has 1 aliphatic rings. The lowest BCUT2D eigenvalue weighted by atomic mass is 10.2. The van der Waals surface area contributed by atoms with Crippen molar-refractivity contribution in [2.24, 2.45) is 0 Å². The fraction of sp³-hybridized carbons (Fsp3) is 0.733. The number of aliphatic hydroxyl groups is 1. The first-order valence-electron chi connectivity index (χ1n) is 7.40. The number of likely N-dealkylation sites (N-methyl/N-ethyl adjacent to an activating group) is 1. The van der Waals surface area contributed by atoms with Crippen molar-refractivity contribution < 1.29 is 14.6 Å². The Bertz CT molecular complexity index is 386. The quantitative estimate of drug-likeness (QED) is 0.772. The topological polar surface area (TPSA) is 45.2 Å². The van der Waals surface area contributed by atoms with E-state index >= 15 is 0 Å². The van der Waals surface area contributed by atoms with Crippen molar-refractivity contribution >= 4 is 11.3 Å². The largest absolute Gasteiger partial charge is 0.389 e. The molecule has 2 heterocycles. The van der Waals surface area contributed by atoms with Gasteiger partial charge in [0, 0.05) is 31.1 Å². The molecule has 1 N–H and O–H groups in total. The highest BCUT2D eigenvalue weighted by Crippen LogP contribution is 2.10. The van der Waals surface area contributed by atoms with E-state index in [4.69, 9.17) is 9.47 Å². The molecule has 0 bridgehead atoms. The van der Waals surface area contributed by atoms with Gasteiger partial charge in [-0.25, -0.2) is 0 Å². The van der Waals surface area contributed by atoms with Crippen LogP contribution >= 0.6 is 11.3 Å². The predicted octanol–water partition coefficient (Wildman–Crippen LogP) is 0.888. The predicted molar refractivity (Wildman–Crippen MR) is 84.7 cm³/mol. The average Bonchev–Trinajstić information content (AvgIpc) is 2.91. The van der Waals surface area contributed by atoms with Crippen LogP contribution in [0, 0.1) is 0 Å². The molecular formula is C15H26N2O3S. The second-order valence-electron chi connectivity index (χ2n) is 5.76. The van der Waals surface area contributed by atoms with Gasteiger partial charge < -0.3 is 19.5 Å². The van der Waals surface area contributed by atoms with Crippen molar-refractivity contribution in [2.45, 2.75) is 18.8 Å². The molecule has 1 fully saturated rings. The van der Waals surface area contributed by atoms with Gasteiger partial charge in [-0.1, -0.05) is 6.07 Å². The van der Waals surface area contributed by atoms with Gasteiger partial charge in [-0.2, -0.15) is 0 Å². The van der Waals surface area contributed by atoms with Gasteiger partial charge in [0.1, 0.15) is 0 Å². The minimum Gasteiger partial charge on any atom is -0.389 e. The number of β-amino-alcohol motifs (C(OH)–C–C–N with tert-alkyl or cyclic N) is 1. The first-order chi connectivity index (χ1) is 10.1. The van der Waals surface area contributed by atoms with E-state index in [1.54, 1.807) is 11.3 Å². The number of hydrogen-bond acceptors (Lipinski definition) is 6. The molecule has 5 nitrogen and oxygen atoms in total. The summed E-state index contributed by atoms with van der Waals surface area (Å²) in [5, 5.41) is 12.1. The molecule has 0 unspecified atom stereocenters. The van der Waals surface area contributed by atoms with Gasteiger partial charge in [0.25, 0.3) is 0 Å². The van der Waals surface area contributed by atoms with Crippen LogP contribution in [0.2, 0.25) is 0 Å². The molecule has 2 atom stereocenters. The van der Waals surface area contributed by atoms with Crippen LogP contribution in [-0.2, 0) is 16.1 Å². The molecule has 2 rings (SSSR count). The van der Waals surface area contributed by atoms with E-state index in [2.05, 4.69) is 23.9 Å². The third-order valence-corrected chi connectivity index (χ3v) is 4.25. The van der Waals surface area contributed by atoms with E-state index in [-0.39, 0.29) is 6.10 Å². The second-order valence-corrected chi connectivity index (χ2v) is 6.80. The van der Waals surface area contributed by atoms with Gasteiger partial charge in [0.2, 0.25) is 0 Å². The highest BCUT2D eigenvalue weighted by Gasteiger charge is 2.22. The highest BCUT2D eigenvalue weighted by molar-refractivity contribution is 7.09. The maximum atomic E-state index is 10.1. The van der Waals surface area contributed by atoms with Crippen LogP contribution in [0.1, 0.15) is 4.88 Å². The molecule has 0 amide bonds. The van der Waals surface area contributed by atoms with E-state index < -0.39 is 6.10 Å². The second kappa shape index (κ2) is 8.82. The van der Waals surface area contributed by atoms with Crippen LogP contribution in [-0.4, -0.2) is 80.6 Å². The fourth-order valence-electron chi connectivity index (χ4n) is 2.50. The number of hydrogen-bond donors (Lipinski definition) is 1. The lowest BCUT2D eigenvalue weighted by Gasteiger charge is -2.35. The summed E-state index contributed by atoms with van der Waals surface area (Å²) < 4.78 is 11.3. The summed E-state index contributed by atoms with van der Waals surface area (Å²) >= 11 is 1.68. The summed E-state index contributed by atoms with van der Waals surface area (Å²) in [5.41, 5.74) is 0. The number of rotatable bonds is 8. The number of morpholine rings is 1. The van der Waals surface area contributed by atoms with E-state index in [9.17, 15) is 5.11 Å². The lowest BCUT2D eigenvalue weighted by Crippen LogP contribution is -2.49. The van der Waals surface area contributed by atoms with Gasteiger partial charge in [0.05, 0.1) is 32.0 Å². The van der Waals surface area contributed by atoms with Crippen LogP contribution in [0.4, 0.5) is 0 Å². The van der Waals surface area contributed by atoms with E-state index in [0.29, 0.717) is 19.8 Å². The van der Waals surface area contributed by atoms with Crippen molar-refractivity contribution in [3.05, 3.63) is 22.4 Å². The Labute approximate surface area is 131 Å². The molecule has 1 aromatic heterocycles. The molecule has 0 spiro atoms. The van der Waals surface area contributed by atoms with Gasteiger partial charge in [-0.3, -0.25) is 4.90 Å². The molecule has 6 heteroatoms.